The average molecular weight is 490 g/mol. The van der Waals surface area contributed by atoms with Crippen LogP contribution in [0.1, 0.15) is 37.8 Å². The van der Waals surface area contributed by atoms with Crippen LogP contribution < -0.4 is 5.32 Å². The summed E-state index contributed by atoms with van der Waals surface area (Å²) < 4.78 is 43.4. The van der Waals surface area contributed by atoms with Crippen LogP contribution in [0.3, 0.4) is 0 Å². The van der Waals surface area contributed by atoms with Crippen LogP contribution in [-0.4, -0.2) is 29.3 Å². The van der Waals surface area contributed by atoms with Crippen molar-refractivity contribution in [3.05, 3.63) is 58.6 Å². The van der Waals surface area contributed by atoms with Crippen LogP contribution in [0.25, 0.3) is 0 Å². The summed E-state index contributed by atoms with van der Waals surface area (Å²) in [5.74, 6) is -1.18. The summed E-state index contributed by atoms with van der Waals surface area (Å²) in [6.45, 7) is 3.15. The topological polar surface area (TPSA) is 75.6 Å². The molecule has 2 rings (SSSR count). The first-order valence-electron chi connectivity index (χ1n) is 9.76. The number of ether oxygens (including phenoxy) is 1. The number of nitrogens with one attached hydrogen (secondary N) is 1. The first kappa shape index (κ1) is 25.9. The zero-order valence-corrected chi connectivity index (χ0v) is 19.0. The maximum atomic E-state index is 12.9. The Morgan fingerprint density at radius 3 is 2.44 bits per heavy atom. The summed E-state index contributed by atoms with van der Waals surface area (Å²) in [4.78, 5) is 24.4. The molecular weight excluding hydrogens is 467 g/mol. The van der Waals surface area contributed by atoms with Gasteiger partial charge in [0.1, 0.15) is 5.54 Å². The monoisotopic (exact) mass is 489 g/mol. The molecule has 0 heterocycles. The Hall–Kier alpha value is -2.39. The number of alkyl halides is 3. The minimum absolute atomic E-state index is 0.127. The van der Waals surface area contributed by atoms with Crippen molar-refractivity contribution < 1.29 is 32.6 Å². The fourth-order valence-corrected chi connectivity index (χ4v) is 4.17. The number of halogens is 4. The molecule has 32 heavy (non-hydrogen) atoms. The van der Waals surface area contributed by atoms with Gasteiger partial charge in [-0.3, -0.25) is 0 Å². The molecule has 0 aliphatic rings. The van der Waals surface area contributed by atoms with E-state index >= 15 is 0 Å². The molecule has 1 atom stereocenters. The van der Waals surface area contributed by atoms with E-state index in [4.69, 9.17) is 16.3 Å². The largest absolute Gasteiger partial charge is 0.480 e. The molecule has 2 N–H and O–H groups in total. The molecule has 174 valence electrons. The van der Waals surface area contributed by atoms with E-state index in [0.717, 1.165) is 29.5 Å². The molecule has 1 amide bonds. The zero-order chi connectivity index (χ0) is 23.9. The Morgan fingerprint density at radius 1 is 1.16 bits per heavy atom. The van der Waals surface area contributed by atoms with E-state index in [1.165, 1.54) is 13.0 Å². The number of benzene rings is 2. The highest BCUT2D eigenvalue weighted by molar-refractivity contribution is 7.99. The van der Waals surface area contributed by atoms with Crippen molar-refractivity contribution in [3.8, 4) is 0 Å². The Balaban J connectivity index is 2.02. The van der Waals surface area contributed by atoms with Crippen molar-refractivity contribution in [1.29, 1.82) is 0 Å². The smallest absolute Gasteiger partial charge is 0.416 e. The van der Waals surface area contributed by atoms with Gasteiger partial charge in [0.15, 0.2) is 0 Å². The van der Waals surface area contributed by atoms with Crippen LogP contribution >= 0.6 is 23.4 Å². The lowest BCUT2D eigenvalue weighted by molar-refractivity contribution is -0.144. The second kappa shape index (κ2) is 11.0. The van der Waals surface area contributed by atoms with Crippen LogP contribution in [0.4, 0.5) is 18.0 Å². The summed E-state index contributed by atoms with van der Waals surface area (Å²) in [6.07, 6.45) is -4.18. The van der Waals surface area contributed by atoms with Crippen molar-refractivity contribution in [2.45, 2.75) is 54.6 Å². The highest BCUT2D eigenvalue weighted by atomic mass is 35.5. The highest BCUT2D eigenvalue weighted by Crippen LogP contribution is 2.35. The number of hydrogen-bond acceptors (Lipinski definition) is 4. The van der Waals surface area contributed by atoms with E-state index in [1.54, 1.807) is 31.2 Å². The molecule has 0 saturated heterocycles. The normalized spacial score (nSPS) is 13.3. The third-order valence-electron chi connectivity index (χ3n) is 4.67. The molecular formula is C22H23ClF3NO4S. The van der Waals surface area contributed by atoms with Gasteiger partial charge >= 0.3 is 18.2 Å². The van der Waals surface area contributed by atoms with Gasteiger partial charge in [-0.2, -0.15) is 13.2 Å². The number of carboxylic acids is 1. The molecule has 5 nitrogen and oxygen atoms in total. The van der Waals surface area contributed by atoms with Gasteiger partial charge in [0, 0.05) is 14.8 Å². The van der Waals surface area contributed by atoms with Crippen molar-refractivity contribution in [2.75, 3.05) is 6.61 Å². The third-order valence-corrected chi connectivity index (χ3v) is 6.00. The molecule has 0 saturated carbocycles. The molecule has 2 aromatic rings. The van der Waals surface area contributed by atoms with E-state index in [9.17, 15) is 27.9 Å². The van der Waals surface area contributed by atoms with Gasteiger partial charge in [-0.15, -0.1) is 0 Å². The molecule has 0 bridgehead atoms. The molecule has 10 heteroatoms. The van der Waals surface area contributed by atoms with Crippen LogP contribution in [0.15, 0.2) is 52.3 Å². The quantitative estimate of drug-likeness (QED) is 0.425. The summed E-state index contributed by atoms with van der Waals surface area (Å²) in [5.41, 5.74) is -1.44. The fourth-order valence-electron chi connectivity index (χ4n) is 2.91. The van der Waals surface area contributed by atoms with E-state index in [2.05, 4.69) is 5.32 Å². The van der Waals surface area contributed by atoms with E-state index in [0.29, 0.717) is 27.7 Å². The van der Waals surface area contributed by atoms with Crippen LogP contribution in [-0.2, 0) is 22.1 Å². The minimum Gasteiger partial charge on any atom is -0.480 e. The third kappa shape index (κ3) is 7.34. The lowest BCUT2D eigenvalue weighted by atomic mass is 9.93. The predicted octanol–water partition coefficient (Wildman–Crippen LogP) is 6.42. The zero-order valence-electron chi connectivity index (χ0n) is 17.5. The number of carbonyl (C=O) groups excluding carboxylic acids is 1. The number of aliphatic carboxylic acids is 1. The van der Waals surface area contributed by atoms with Gasteiger partial charge in [-0.1, -0.05) is 35.5 Å². The van der Waals surface area contributed by atoms with Crippen LogP contribution in [0.2, 0.25) is 5.02 Å². The second-order valence-electron chi connectivity index (χ2n) is 7.22. The Bertz CT molecular complexity index is 970. The molecule has 0 aliphatic carbocycles. The molecule has 2 aromatic carbocycles. The maximum Gasteiger partial charge on any atom is 0.416 e. The van der Waals surface area contributed by atoms with Gasteiger partial charge in [-0.25, -0.2) is 9.59 Å². The van der Waals surface area contributed by atoms with Gasteiger partial charge in [0.05, 0.1) is 12.2 Å². The predicted molar refractivity (Wildman–Crippen MR) is 116 cm³/mol. The Kier molecular flexibility index (Phi) is 8.86. The molecule has 0 spiro atoms. The minimum atomic E-state index is -4.41. The number of carbonyl (C=O) groups is 2. The molecule has 0 aromatic heterocycles. The van der Waals surface area contributed by atoms with Crippen molar-refractivity contribution >= 4 is 35.4 Å². The summed E-state index contributed by atoms with van der Waals surface area (Å²) in [5, 5.41) is 12.3. The van der Waals surface area contributed by atoms with Gasteiger partial charge in [-0.05, 0) is 69.0 Å². The maximum absolute atomic E-state index is 12.9. The van der Waals surface area contributed by atoms with Crippen molar-refractivity contribution in [2.24, 2.45) is 0 Å². The SMILES string of the molecule is CCOC(=O)NC(C)(CCCc1ccc(Sc2cccc(C(F)(F)F)c2)cc1Cl)C(=O)O. The van der Waals surface area contributed by atoms with Gasteiger partial charge in [0.2, 0.25) is 0 Å². The van der Waals surface area contributed by atoms with Gasteiger partial charge in [0.25, 0.3) is 0 Å². The van der Waals surface area contributed by atoms with E-state index in [-0.39, 0.29) is 13.0 Å². The first-order chi connectivity index (χ1) is 14.9. The standard InChI is InChI=1S/C22H23ClF3NO4S/c1-3-31-20(30)27-21(2,19(28)29)11-5-6-14-9-10-17(13-18(14)23)32-16-8-4-7-15(12-16)22(24,25)26/h4,7-10,12-13H,3,5-6,11H2,1-2H3,(H,27,30)(H,28,29). The van der Waals surface area contributed by atoms with Crippen LogP contribution in [0.5, 0.6) is 0 Å². The second-order valence-corrected chi connectivity index (χ2v) is 8.77. The molecule has 0 radical (unpaired) electrons. The number of aryl methyl sites for hydroxylation is 1. The van der Waals surface area contributed by atoms with E-state index < -0.39 is 29.3 Å². The number of carboxylic acid groups (broad SMARTS) is 1. The van der Waals surface area contributed by atoms with E-state index in [1.807, 2.05) is 0 Å². The highest BCUT2D eigenvalue weighted by Gasteiger charge is 2.35. The van der Waals surface area contributed by atoms with Crippen LogP contribution in [0, 0.1) is 0 Å². The molecule has 0 aliphatic heterocycles. The number of amides is 1. The molecule has 1 unspecified atom stereocenters. The van der Waals surface area contributed by atoms with Gasteiger partial charge < -0.3 is 15.2 Å². The molecule has 0 fully saturated rings. The lowest BCUT2D eigenvalue weighted by Gasteiger charge is -2.25. The summed E-state index contributed by atoms with van der Waals surface area (Å²) >= 11 is 7.50. The average Bonchev–Trinajstić information content (AvgIpc) is 2.69. The number of hydrogen-bond donors (Lipinski definition) is 2. The number of alkyl carbamates (subject to hydrolysis) is 1. The lowest BCUT2D eigenvalue weighted by Crippen LogP contribution is -2.52. The first-order valence-corrected chi connectivity index (χ1v) is 11.0. The Morgan fingerprint density at radius 2 is 1.84 bits per heavy atom. The fraction of sp³-hybridized carbons (Fsp3) is 0.364. The Labute approximate surface area is 193 Å². The summed E-state index contributed by atoms with van der Waals surface area (Å²) in [7, 11) is 0. The van der Waals surface area contributed by atoms with Crippen molar-refractivity contribution in [3.63, 3.8) is 0 Å². The van der Waals surface area contributed by atoms with Crippen molar-refractivity contribution in [1.82, 2.24) is 5.32 Å². The number of rotatable bonds is 9. The summed E-state index contributed by atoms with van der Waals surface area (Å²) in [6, 6.07) is 10.2.